The van der Waals surface area contributed by atoms with Gasteiger partial charge in [-0.05, 0) is 85.3 Å². The predicted molar refractivity (Wildman–Crippen MR) is 158 cm³/mol. The molecule has 0 fully saturated rings. The van der Waals surface area contributed by atoms with Crippen LogP contribution in [-0.4, -0.2) is 11.8 Å². The summed E-state index contributed by atoms with van der Waals surface area (Å²) in [5, 5.41) is 9.22. The summed E-state index contributed by atoms with van der Waals surface area (Å²) < 4.78 is 0. The van der Waals surface area contributed by atoms with E-state index >= 15 is 0 Å². The number of nitrogens with one attached hydrogen (secondary N) is 3. The third-order valence-corrected chi connectivity index (χ3v) is 6.06. The molecule has 4 aromatic carbocycles. The van der Waals surface area contributed by atoms with Crippen LogP contribution < -0.4 is 16.0 Å². The van der Waals surface area contributed by atoms with Gasteiger partial charge < -0.3 is 16.0 Å². The van der Waals surface area contributed by atoms with Crippen molar-refractivity contribution in [3.63, 3.8) is 0 Å². The van der Waals surface area contributed by atoms with Crippen LogP contribution in [-0.2, 0) is 0 Å². The molecule has 0 radical (unpaired) electrons. The summed E-state index contributed by atoms with van der Waals surface area (Å²) in [7, 11) is 0. The van der Waals surface area contributed by atoms with E-state index in [1.807, 2.05) is 31.2 Å². The molecule has 0 aromatic heterocycles. The van der Waals surface area contributed by atoms with Crippen LogP contribution in [0, 0.1) is 37.0 Å². The van der Waals surface area contributed by atoms with Crippen molar-refractivity contribution in [3.8, 4) is 37.0 Å². The first-order chi connectivity index (χ1) is 18.9. The van der Waals surface area contributed by atoms with E-state index in [1.165, 1.54) is 0 Å². The number of carbonyl (C=O) groups is 2. The highest BCUT2D eigenvalue weighted by molar-refractivity contribution is 6.08. The average Bonchev–Trinajstić information content (AvgIpc) is 2.98. The lowest BCUT2D eigenvalue weighted by molar-refractivity contribution is 0.102. The monoisotopic (exact) mass is 507 g/mol. The molecule has 4 aromatic rings. The summed E-state index contributed by atoms with van der Waals surface area (Å²) in [6.07, 6.45) is 16.5. The molecule has 4 rings (SSSR count). The summed E-state index contributed by atoms with van der Waals surface area (Å²) in [5.41, 5.74) is 5.52. The van der Waals surface area contributed by atoms with E-state index in [-0.39, 0.29) is 17.9 Å². The van der Waals surface area contributed by atoms with Crippen LogP contribution in [0.2, 0.25) is 0 Å². The van der Waals surface area contributed by atoms with Gasteiger partial charge in [0.05, 0.1) is 11.4 Å². The first-order valence-corrected chi connectivity index (χ1v) is 12.1. The van der Waals surface area contributed by atoms with Crippen LogP contribution in [0.5, 0.6) is 0 Å². The standard InChI is InChI=1S/C34H25N3O2/c1-5-24-14-17-30(18-15-24)36-33(38)29-16-19-31(37-34(39)28-13-9-11-26(7-3)21-28)32(22-29)35-23(4)27-12-8-10-25(6-2)20-27/h1-3,8-23,35H,4H3,(H,36,38)(H,37,39). The van der Waals surface area contributed by atoms with Crippen molar-refractivity contribution in [1.82, 2.24) is 0 Å². The number of rotatable bonds is 7. The van der Waals surface area contributed by atoms with Gasteiger partial charge in [-0.15, -0.1) is 19.3 Å². The van der Waals surface area contributed by atoms with Crippen molar-refractivity contribution in [2.24, 2.45) is 0 Å². The van der Waals surface area contributed by atoms with Crippen LogP contribution in [0.25, 0.3) is 0 Å². The number of anilines is 3. The van der Waals surface area contributed by atoms with Gasteiger partial charge in [-0.2, -0.15) is 0 Å². The Balaban J connectivity index is 1.64. The lowest BCUT2D eigenvalue weighted by Crippen LogP contribution is -2.17. The van der Waals surface area contributed by atoms with Gasteiger partial charge in [0.1, 0.15) is 0 Å². The maximum atomic E-state index is 13.1. The molecule has 1 unspecified atom stereocenters. The molecule has 0 heterocycles. The summed E-state index contributed by atoms with van der Waals surface area (Å²) >= 11 is 0. The van der Waals surface area contributed by atoms with Crippen LogP contribution in [0.15, 0.2) is 91.0 Å². The third kappa shape index (κ3) is 6.55. The van der Waals surface area contributed by atoms with Crippen molar-refractivity contribution < 1.29 is 9.59 Å². The Morgan fingerprint density at radius 3 is 1.95 bits per heavy atom. The molecule has 1 atom stereocenters. The zero-order valence-electron chi connectivity index (χ0n) is 21.3. The highest BCUT2D eigenvalue weighted by Gasteiger charge is 2.16. The molecule has 5 nitrogen and oxygen atoms in total. The Labute approximate surface area is 228 Å². The number of benzene rings is 4. The molecule has 0 spiro atoms. The highest BCUT2D eigenvalue weighted by Crippen LogP contribution is 2.29. The van der Waals surface area contributed by atoms with E-state index in [9.17, 15) is 9.59 Å². The first kappa shape index (κ1) is 26.4. The van der Waals surface area contributed by atoms with Crippen molar-refractivity contribution in [3.05, 3.63) is 124 Å². The third-order valence-electron chi connectivity index (χ3n) is 6.06. The van der Waals surface area contributed by atoms with Crippen molar-refractivity contribution in [2.75, 3.05) is 16.0 Å². The second-order valence-electron chi connectivity index (χ2n) is 8.75. The lowest BCUT2D eigenvalue weighted by Gasteiger charge is -2.20. The van der Waals surface area contributed by atoms with E-state index in [1.54, 1.807) is 66.7 Å². The minimum absolute atomic E-state index is 0.187. The van der Waals surface area contributed by atoms with Gasteiger partial charge in [0.2, 0.25) is 0 Å². The largest absolute Gasteiger partial charge is 0.377 e. The van der Waals surface area contributed by atoms with Gasteiger partial charge >= 0.3 is 0 Å². The zero-order chi connectivity index (χ0) is 27.8. The molecule has 39 heavy (non-hydrogen) atoms. The SMILES string of the molecule is C#Cc1ccc(NC(=O)c2ccc(NC(=O)c3cccc(C#C)c3)c(NC(C)c3cccc(C#C)c3)c2)cc1. The molecule has 5 heteroatoms. The van der Waals surface area contributed by atoms with E-state index in [2.05, 4.69) is 33.7 Å². The number of terminal acetylenes is 3. The number of hydrogen-bond donors (Lipinski definition) is 3. The summed E-state index contributed by atoms with van der Waals surface area (Å²) in [5.74, 6) is 7.09. The maximum absolute atomic E-state index is 13.1. The molecular formula is C34H25N3O2. The van der Waals surface area contributed by atoms with E-state index in [0.717, 1.165) is 16.7 Å². The molecular weight excluding hydrogens is 482 g/mol. The molecule has 0 aliphatic rings. The highest BCUT2D eigenvalue weighted by atomic mass is 16.2. The van der Waals surface area contributed by atoms with Gasteiger partial charge in [0.25, 0.3) is 11.8 Å². The fraction of sp³-hybridized carbons (Fsp3) is 0.0588. The van der Waals surface area contributed by atoms with Crippen molar-refractivity contribution in [2.45, 2.75) is 13.0 Å². The molecule has 2 amide bonds. The average molecular weight is 508 g/mol. The first-order valence-electron chi connectivity index (χ1n) is 12.1. The topological polar surface area (TPSA) is 70.2 Å². The molecule has 188 valence electrons. The van der Waals surface area contributed by atoms with Crippen LogP contribution in [0.3, 0.4) is 0 Å². The van der Waals surface area contributed by atoms with Gasteiger partial charge in [-0.25, -0.2) is 0 Å². The minimum Gasteiger partial charge on any atom is -0.377 e. The van der Waals surface area contributed by atoms with Crippen molar-refractivity contribution >= 4 is 28.9 Å². The number of carbonyl (C=O) groups excluding carboxylic acids is 2. The second kappa shape index (κ2) is 12.0. The van der Waals surface area contributed by atoms with Gasteiger partial charge in [-0.1, -0.05) is 36.0 Å². The summed E-state index contributed by atoms with van der Waals surface area (Å²) in [4.78, 5) is 26.1. The normalized spacial score (nSPS) is 10.7. The summed E-state index contributed by atoms with van der Waals surface area (Å²) in [6.45, 7) is 1.97. The van der Waals surface area contributed by atoms with Gasteiger partial charge in [0.15, 0.2) is 0 Å². The molecule has 3 N–H and O–H groups in total. The molecule has 0 saturated heterocycles. The Kier molecular flexibility index (Phi) is 8.13. The number of amides is 2. The molecule has 0 aliphatic heterocycles. The van der Waals surface area contributed by atoms with Crippen LogP contribution in [0.1, 0.15) is 55.9 Å². The maximum Gasteiger partial charge on any atom is 0.255 e. The van der Waals surface area contributed by atoms with E-state index in [4.69, 9.17) is 19.3 Å². The van der Waals surface area contributed by atoms with Gasteiger partial charge in [-0.3, -0.25) is 9.59 Å². The zero-order valence-corrected chi connectivity index (χ0v) is 21.3. The van der Waals surface area contributed by atoms with E-state index in [0.29, 0.717) is 33.8 Å². The molecule has 0 bridgehead atoms. The Morgan fingerprint density at radius 2 is 1.26 bits per heavy atom. The van der Waals surface area contributed by atoms with E-state index < -0.39 is 0 Å². The lowest BCUT2D eigenvalue weighted by atomic mass is 10.0. The van der Waals surface area contributed by atoms with Crippen LogP contribution in [0.4, 0.5) is 17.1 Å². The van der Waals surface area contributed by atoms with Crippen LogP contribution >= 0.6 is 0 Å². The van der Waals surface area contributed by atoms with Gasteiger partial charge in [0, 0.05) is 39.5 Å². The summed E-state index contributed by atoms with van der Waals surface area (Å²) in [6, 6.07) is 26.3. The minimum atomic E-state index is -0.331. The fourth-order valence-corrected chi connectivity index (χ4v) is 3.93. The second-order valence-corrected chi connectivity index (χ2v) is 8.75. The molecule has 0 saturated carbocycles. The Hall–Kier alpha value is -5.70. The Bertz CT molecular complexity index is 1660. The Morgan fingerprint density at radius 1 is 0.641 bits per heavy atom. The smallest absolute Gasteiger partial charge is 0.255 e. The predicted octanol–water partition coefficient (Wildman–Crippen LogP) is 6.31. The van der Waals surface area contributed by atoms with Crippen molar-refractivity contribution in [1.29, 1.82) is 0 Å². The molecule has 0 aliphatic carbocycles. The quantitative estimate of drug-likeness (QED) is 0.257. The number of hydrogen-bond acceptors (Lipinski definition) is 3. The fourth-order valence-electron chi connectivity index (χ4n) is 3.93.